The van der Waals surface area contributed by atoms with Gasteiger partial charge < -0.3 is 10.2 Å². The van der Waals surface area contributed by atoms with Gasteiger partial charge in [0.1, 0.15) is 0 Å². The molecule has 0 aromatic carbocycles. The second-order valence-electron chi connectivity index (χ2n) is 5.10. The number of unbranched alkanes of at least 4 members (excludes halogenated alkanes) is 3. The van der Waals surface area contributed by atoms with Crippen molar-refractivity contribution >= 4 is 0 Å². The lowest BCUT2D eigenvalue weighted by atomic mass is 10.1. The molecule has 0 amide bonds. The second-order valence-corrected chi connectivity index (χ2v) is 5.10. The Balaban J connectivity index is 3.11. The highest BCUT2D eigenvalue weighted by molar-refractivity contribution is 4.58. The van der Waals surface area contributed by atoms with Crippen molar-refractivity contribution in [3.05, 3.63) is 0 Å². The number of nitrogens with one attached hydrogen (secondary N) is 1. The first-order valence-corrected chi connectivity index (χ1v) is 6.47. The van der Waals surface area contributed by atoms with Gasteiger partial charge in [-0.15, -0.1) is 0 Å². The van der Waals surface area contributed by atoms with E-state index in [9.17, 15) is 0 Å². The van der Waals surface area contributed by atoms with Gasteiger partial charge in [0.25, 0.3) is 0 Å². The van der Waals surface area contributed by atoms with Gasteiger partial charge >= 0.3 is 0 Å². The summed E-state index contributed by atoms with van der Waals surface area (Å²) in [6, 6.07) is 1.32. The van der Waals surface area contributed by atoms with Gasteiger partial charge in [-0.25, -0.2) is 0 Å². The quantitative estimate of drug-likeness (QED) is 0.594. The Labute approximate surface area is 96.4 Å². The van der Waals surface area contributed by atoms with Crippen LogP contribution in [0.4, 0.5) is 0 Å². The van der Waals surface area contributed by atoms with E-state index in [2.05, 4.69) is 45.0 Å². The first kappa shape index (κ1) is 14.9. The molecule has 0 aliphatic carbocycles. The summed E-state index contributed by atoms with van der Waals surface area (Å²) < 4.78 is 0. The van der Waals surface area contributed by atoms with Crippen molar-refractivity contribution in [2.45, 2.75) is 65.5 Å². The van der Waals surface area contributed by atoms with Gasteiger partial charge in [0, 0.05) is 12.1 Å². The lowest BCUT2D eigenvalue weighted by Gasteiger charge is -2.20. The zero-order chi connectivity index (χ0) is 11.7. The highest BCUT2D eigenvalue weighted by atomic mass is 15.1. The predicted molar refractivity (Wildman–Crippen MR) is 69.4 cm³/mol. The van der Waals surface area contributed by atoms with Crippen LogP contribution in [-0.4, -0.2) is 37.1 Å². The number of hydrogen-bond donors (Lipinski definition) is 1. The van der Waals surface area contributed by atoms with Gasteiger partial charge in [-0.1, -0.05) is 26.7 Å². The molecule has 0 spiro atoms. The van der Waals surface area contributed by atoms with Crippen molar-refractivity contribution in [3.63, 3.8) is 0 Å². The minimum Gasteiger partial charge on any atom is -0.315 e. The fourth-order valence-corrected chi connectivity index (χ4v) is 1.49. The van der Waals surface area contributed by atoms with Crippen LogP contribution in [0.1, 0.15) is 53.4 Å². The van der Waals surface area contributed by atoms with E-state index in [0.29, 0.717) is 12.1 Å². The molecule has 2 heteroatoms. The standard InChI is InChI=1S/C13H30N2/c1-12(2)14-10-8-6-7-9-11-15(5)13(3)4/h12-14H,6-11H2,1-5H3. The normalized spacial score (nSPS) is 12.0. The van der Waals surface area contributed by atoms with E-state index in [4.69, 9.17) is 0 Å². The molecular formula is C13H30N2. The van der Waals surface area contributed by atoms with Gasteiger partial charge in [0.05, 0.1) is 0 Å². The third-order valence-corrected chi connectivity index (χ3v) is 2.87. The first-order chi connectivity index (χ1) is 7.04. The number of nitrogens with zero attached hydrogens (tertiary/aromatic N) is 1. The van der Waals surface area contributed by atoms with Gasteiger partial charge in [0.15, 0.2) is 0 Å². The molecule has 0 aliphatic heterocycles. The minimum atomic E-state index is 0.636. The SMILES string of the molecule is CC(C)NCCCCCCN(C)C(C)C. The molecule has 0 saturated carbocycles. The maximum atomic E-state index is 3.45. The molecule has 1 N–H and O–H groups in total. The zero-order valence-corrected chi connectivity index (χ0v) is 11.3. The summed E-state index contributed by atoms with van der Waals surface area (Å²) in [5.74, 6) is 0. The largest absolute Gasteiger partial charge is 0.315 e. The third-order valence-electron chi connectivity index (χ3n) is 2.87. The smallest absolute Gasteiger partial charge is 0.00355 e. The fraction of sp³-hybridized carbons (Fsp3) is 1.00. The molecule has 0 atom stereocenters. The summed E-state index contributed by atoms with van der Waals surface area (Å²) in [5.41, 5.74) is 0. The Morgan fingerprint density at radius 2 is 1.53 bits per heavy atom. The molecule has 0 saturated heterocycles. The molecule has 0 unspecified atom stereocenters. The molecule has 2 nitrogen and oxygen atoms in total. The van der Waals surface area contributed by atoms with Gasteiger partial charge in [-0.3, -0.25) is 0 Å². The van der Waals surface area contributed by atoms with E-state index in [0.717, 1.165) is 0 Å². The van der Waals surface area contributed by atoms with Crippen LogP contribution in [0.3, 0.4) is 0 Å². The van der Waals surface area contributed by atoms with Crippen molar-refractivity contribution < 1.29 is 0 Å². The van der Waals surface area contributed by atoms with Crippen LogP contribution in [0.15, 0.2) is 0 Å². The second kappa shape index (κ2) is 9.17. The van der Waals surface area contributed by atoms with Crippen LogP contribution in [0.25, 0.3) is 0 Å². The van der Waals surface area contributed by atoms with Gasteiger partial charge in [-0.2, -0.15) is 0 Å². The van der Waals surface area contributed by atoms with E-state index in [-0.39, 0.29) is 0 Å². The Morgan fingerprint density at radius 1 is 0.933 bits per heavy atom. The minimum absolute atomic E-state index is 0.636. The highest BCUT2D eigenvalue weighted by Crippen LogP contribution is 2.02. The van der Waals surface area contributed by atoms with E-state index in [1.54, 1.807) is 0 Å². The molecule has 0 fully saturated rings. The van der Waals surface area contributed by atoms with E-state index >= 15 is 0 Å². The topological polar surface area (TPSA) is 15.3 Å². The summed E-state index contributed by atoms with van der Waals surface area (Å²) in [5, 5.41) is 3.45. The third kappa shape index (κ3) is 10.2. The number of hydrogen-bond acceptors (Lipinski definition) is 2. The summed E-state index contributed by atoms with van der Waals surface area (Å²) in [4.78, 5) is 2.42. The van der Waals surface area contributed by atoms with E-state index in [1.165, 1.54) is 38.8 Å². The van der Waals surface area contributed by atoms with Crippen molar-refractivity contribution in [2.24, 2.45) is 0 Å². The molecule has 0 radical (unpaired) electrons. The average Bonchev–Trinajstić information content (AvgIpc) is 2.15. The average molecular weight is 214 g/mol. The summed E-state index contributed by atoms with van der Waals surface area (Å²) >= 11 is 0. The van der Waals surface area contributed by atoms with Crippen molar-refractivity contribution in [1.82, 2.24) is 10.2 Å². The maximum Gasteiger partial charge on any atom is 0.00355 e. The monoisotopic (exact) mass is 214 g/mol. The van der Waals surface area contributed by atoms with Crippen LogP contribution in [0.5, 0.6) is 0 Å². The molecule has 92 valence electrons. The van der Waals surface area contributed by atoms with Crippen molar-refractivity contribution in [2.75, 3.05) is 20.1 Å². The summed E-state index contributed by atoms with van der Waals surface area (Å²) in [6.45, 7) is 11.3. The molecule has 0 rings (SSSR count). The first-order valence-electron chi connectivity index (χ1n) is 6.47. The van der Waals surface area contributed by atoms with E-state index in [1.807, 2.05) is 0 Å². The molecule has 15 heavy (non-hydrogen) atoms. The van der Waals surface area contributed by atoms with E-state index < -0.39 is 0 Å². The molecule has 0 heterocycles. The maximum absolute atomic E-state index is 3.45. The van der Waals surface area contributed by atoms with Crippen LogP contribution in [-0.2, 0) is 0 Å². The number of rotatable bonds is 9. The molecule has 0 aliphatic rings. The summed E-state index contributed by atoms with van der Waals surface area (Å²) in [7, 11) is 2.21. The molecule has 0 aromatic rings. The van der Waals surface area contributed by atoms with Gasteiger partial charge in [-0.05, 0) is 46.8 Å². The lowest BCUT2D eigenvalue weighted by Crippen LogP contribution is -2.27. The van der Waals surface area contributed by atoms with Crippen LogP contribution in [0, 0.1) is 0 Å². The van der Waals surface area contributed by atoms with Crippen molar-refractivity contribution in [1.29, 1.82) is 0 Å². The van der Waals surface area contributed by atoms with Crippen LogP contribution >= 0.6 is 0 Å². The van der Waals surface area contributed by atoms with Crippen molar-refractivity contribution in [3.8, 4) is 0 Å². The molecule has 0 aromatic heterocycles. The molecule has 0 bridgehead atoms. The molecular weight excluding hydrogens is 184 g/mol. The Morgan fingerprint density at radius 3 is 2.07 bits per heavy atom. The predicted octanol–water partition coefficient (Wildman–Crippen LogP) is 2.89. The Hall–Kier alpha value is -0.0800. The summed E-state index contributed by atoms with van der Waals surface area (Å²) in [6.07, 6.45) is 5.41. The zero-order valence-electron chi connectivity index (χ0n) is 11.3. The Kier molecular flexibility index (Phi) is 9.12. The fourth-order valence-electron chi connectivity index (χ4n) is 1.49. The lowest BCUT2D eigenvalue weighted by molar-refractivity contribution is 0.267. The van der Waals surface area contributed by atoms with Crippen LogP contribution in [0.2, 0.25) is 0 Å². The van der Waals surface area contributed by atoms with Gasteiger partial charge in [0.2, 0.25) is 0 Å². The highest BCUT2D eigenvalue weighted by Gasteiger charge is 2.01. The van der Waals surface area contributed by atoms with Crippen LogP contribution < -0.4 is 5.32 Å². The Bertz CT molecular complexity index is 132.